The van der Waals surface area contributed by atoms with Gasteiger partial charge in [0.15, 0.2) is 11.1 Å². The number of benzene rings is 3. The van der Waals surface area contributed by atoms with E-state index in [4.69, 9.17) is 4.74 Å². The Bertz CT molecular complexity index is 2720. The number of carboxylic acids is 1. The van der Waals surface area contributed by atoms with Crippen molar-refractivity contribution in [3.8, 4) is 11.5 Å². The first-order valence-electron chi connectivity index (χ1n) is 22.0. The summed E-state index contributed by atoms with van der Waals surface area (Å²) >= 11 is 0. The first-order valence-corrected chi connectivity index (χ1v) is 22.0. The quantitative estimate of drug-likeness (QED) is 0.205. The molecule has 5 heterocycles. The molecule has 0 amide bonds. The zero-order valence-corrected chi connectivity index (χ0v) is 40.5. The van der Waals surface area contributed by atoms with E-state index < -0.39 is 5.97 Å². The van der Waals surface area contributed by atoms with E-state index in [1.165, 1.54) is 55.6 Å². The second kappa shape index (κ2) is 11.4. The molecule has 0 fully saturated rings. The molecule has 59 heavy (non-hydrogen) atoms. The lowest BCUT2D eigenvalue weighted by Crippen LogP contribution is -2.73. The van der Waals surface area contributed by atoms with Crippen LogP contribution >= 0.6 is 0 Å². The van der Waals surface area contributed by atoms with Crippen molar-refractivity contribution >= 4 is 28.4 Å². The summed E-state index contributed by atoms with van der Waals surface area (Å²) in [5.41, 5.74) is 14.6. The molecule has 5 aliphatic rings. The van der Waals surface area contributed by atoms with Crippen molar-refractivity contribution in [1.82, 2.24) is 4.58 Å². The highest BCUT2D eigenvalue weighted by Gasteiger charge is 2.66. The van der Waals surface area contributed by atoms with Gasteiger partial charge in [-0.05, 0) is 114 Å². The van der Waals surface area contributed by atoms with E-state index in [9.17, 15) is 9.90 Å². The van der Waals surface area contributed by atoms with Crippen LogP contribution in [-0.4, -0.2) is 33.2 Å². The fourth-order valence-corrected chi connectivity index (χ4v) is 13.2. The van der Waals surface area contributed by atoms with Gasteiger partial charge in [0.1, 0.15) is 11.5 Å². The molecule has 0 saturated heterocycles. The SMILES string of the molecule is CC1=C(C)C(C)(C)N2c3c1c(C)c1c(c3C(C)(C)C(C)(C)C2(C)C)Oc2c3c4c(c(C)c2=C1c1ccccc1C(=O)O)C(C)=C(C)C(C)(C)[N+]=4C(C)(C)C(C)(C)C3(C)C. The maximum absolute atomic E-state index is 13.5. The Kier molecular flexibility index (Phi) is 8.05. The Morgan fingerprint density at radius 3 is 1.76 bits per heavy atom. The number of carbonyl (C=O) groups is 1. The smallest absolute Gasteiger partial charge is 0.336 e. The molecular formula is C54H71N2O3+. The molecule has 0 spiro atoms. The number of carboxylic acid groups (broad SMARTS) is 1. The van der Waals surface area contributed by atoms with E-state index >= 15 is 0 Å². The molecule has 0 aromatic heterocycles. The minimum Gasteiger partial charge on any atom is -0.478 e. The Labute approximate surface area is 355 Å². The number of hydrogen-bond donors (Lipinski definition) is 1. The molecule has 0 saturated carbocycles. The number of aromatic carboxylic acids is 1. The van der Waals surface area contributed by atoms with Gasteiger partial charge in [0, 0.05) is 82.5 Å². The van der Waals surface area contributed by atoms with Crippen molar-refractivity contribution in [3.63, 3.8) is 0 Å². The first-order chi connectivity index (χ1) is 26.7. The zero-order chi connectivity index (χ0) is 44.2. The third-order valence-electron chi connectivity index (χ3n) is 19.3. The van der Waals surface area contributed by atoms with Crippen LogP contribution in [0.5, 0.6) is 11.5 Å². The summed E-state index contributed by atoms with van der Waals surface area (Å²) in [6.07, 6.45) is 0. The monoisotopic (exact) mass is 796 g/mol. The predicted molar refractivity (Wildman–Crippen MR) is 247 cm³/mol. The molecule has 1 N–H and O–H groups in total. The van der Waals surface area contributed by atoms with Crippen molar-refractivity contribution < 1.29 is 14.6 Å². The second-order valence-corrected chi connectivity index (χ2v) is 23.1. The summed E-state index contributed by atoms with van der Waals surface area (Å²) in [5.74, 6) is 0.831. The van der Waals surface area contributed by atoms with Gasteiger partial charge < -0.3 is 14.7 Å². The summed E-state index contributed by atoms with van der Waals surface area (Å²) in [5, 5.41) is 13.3. The number of ether oxygens (including phenoxy) is 1. The molecule has 0 bridgehead atoms. The molecule has 0 atom stereocenters. The van der Waals surface area contributed by atoms with Crippen LogP contribution in [0.1, 0.15) is 193 Å². The summed E-state index contributed by atoms with van der Waals surface area (Å²) in [4.78, 5) is 16.2. The van der Waals surface area contributed by atoms with Crippen LogP contribution in [0.2, 0.25) is 0 Å². The van der Waals surface area contributed by atoms with Gasteiger partial charge in [0.2, 0.25) is 5.36 Å². The number of anilines is 1. The Morgan fingerprint density at radius 2 is 1.19 bits per heavy atom. The summed E-state index contributed by atoms with van der Waals surface area (Å²) in [7, 11) is 0. The molecule has 3 aromatic carbocycles. The van der Waals surface area contributed by atoms with Crippen molar-refractivity contribution in [1.29, 1.82) is 0 Å². The maximum Gasteiger partial charge on any atom is 0.336 e. The number of allylic oxidation sites excluding steroid dienone is 2. The highest BCUT2D eigenvalue weighted by atomic mass is 16.5. The van der Waals surface area contributed by atoms with Crippen LogP contribution in [-0.2, 0) is 10.8 Å². The normalized spacial score (nSPS) is 23.9. The summed E-state index contributed by atoms with van der Waals surface area (Å²) in [6.45, 7) is 52.5. The molecular weight excluding hydrogens is 725 g/mol. The van der Waals surface area contributed by atoms with E-state index in [1.54, 1.807) is 6.07 Å². The number of hydrogen-bond acceptors (Lipinski definition) is 3. The van der Waals surface area contributed by atoms with Gasteiger partial charge >= 0.3 is 5.97 Å². The lowest BCUT2D eigenvalue weighted by molar-refractivity contribution is 0.00758. The van der Waals surface area contributed by atoms with Crippen LogP contribution in [0.15, 0.2) is 35.4 Å². The van der Waals surface area contributed by atoms with Crippen LogP contribution in [0.4, 0.5) is 5.69 Å². The van der Waals surface area contributed by atoms with Gasteiger partial charge in [0.05, 0.1) is 27.9 Å². The average molecular weight is 796 g/mol. The van der Waals surface area contributed by atoms with Crippen molar-refractivity contribution in [2.24, 2.45) is 10.8 Å². The fraction of sp³-hybridized carbons (Fsp3) is 0.556. The highest BCUT2D eigenvalue weighted by molar-refractivity contribution is 6.03. The average Bonchev–Trinajstić information content (AvgIpc) is 3.10. The van der Waals surface area contributed by atoms with Gasteiger partial charge in [-0.2, -0.15) is 0 Å². The van der Waals surface area contributed by atoms with E-state index in [2.05, 4.69) is 162 Å². The molecule has 8 rings (SSSR count). The van der Waals surface area contributed by atoms with Crippen LogP contribution in [0, 0.1) is 24.7 Å². The van der Waals surface area contributed by atoms with E-state index in [1.807, 2.05) is 18.2 Å². The molecule has 5 aliphatic heterocycles. The summed E-state index contributed by atoms with van der Waals surface area (Å²) < 4.78 is 10.8. The van der Waals surface area contributed by atoms with Crippen molar-refractivity contribution in [2.75, 3.05) is 4.90 Å². The van der Waals surface area contributed by atoms with Gasteiger partial charge in [-0.1, -0.05) is 73.6 Å². The minimum atomic E-state index is -0.928. The second-order valence-electron chi connectivity index (χ2n) is 23.1. The first kappa shape index (κ1) is 41.6. The Hall–Kier alpha value is -4.12. The van der Waals surface area contributed by atoms with E-state index in [0.29, 0.717) is 5.56 Å². The van der Waals surface area contributed by atoms with Gasteiger partial charge in [-0.3, -0.25) is 0 Å². The maximum atomic E-state index is 13.5. The number of fused-ring (bicyclic) bond motifs is 4. The zero-order valence-electron chi connectivity index (χ0n) is 40.5. The number of nitrogens with zero attached hydrogens (tertiary/aromatic N) is 2. The third kappa shape index (κ3) is 4.34. The molecule has 0 unspecified atom stereocenters. The molecule has 0 aliphatic carbocycles. The van der Waals surface area contributed by atoms with Gasteiger partial charge in [-0.25, -0.2) is 9.37 Å². The molecule has 0 radical (unpaired) electrons. The predicted octanol–water partition coefficient (Wildman–Crippen LogP) is 12.0. The topological polar surface area (TPSA) is 52.8 Å². The standard InChI is InChI=1S/C54H70N2O3/c1-27-31(5)49(11,12)55-42-35(27)29(3)37-39(33-25-23-24-26-34(33)46(57)58)38-30(4)36-28(2)32(6)50(13,14)56-43(36)41(48(9,10)52(17,18)54(56,21)22)45(38)59-44(37)40(42)47(7,8)51(15,16)53(55,19)20/h23-26H,1-22H3/p+1. The van der Waals surface area contributed by atoms with Gasteiger partial charge in [-0.15, -0.1) is 0 Å². The molecule has 5 heteroatoms. The van der Waals surface area contributed by atoms with Crippen molar-refractivity contribution in [3.05, 3.63) is 96.1 Å². The lowest BCUT2D eigenvalue weighted by Gasteiger charge is -2.68. The van der Waals surface area contributed by atoms with Crippen molar-refractivity contribution in [2.45, 2.75) is 185 Å². The number of rotatable bonds is 2. The summed E-state index contributed by atoms with van der Waals surface area (Å²) in [6, 6.07) is 7.67. The van der Waals surface area contributed by atoms with Crippen LogP contribution < -0.4 is 24.8 Å². The fourth-order valence-electron chi connectivity index (χ4n) is 13.2. The molecule has 5 nitrogen and oxygen atoms in total. The van der Waals surface area contributed by atoms with Crippen LogP contribution in [0.25, 0.3) is 16.7 Å². The van der Waals surface area contributed by atoms with Crippen LogP contribution in [0.3, 0.4) is 0 Å². The van der Waals surface area contributed by atoms with E-state index in [0.717, 1.165) is 44.5 Å². The Balaban J connectivity index is 1.77. The lowest BCUT2D eigenvalue weighted by atomic mass is 9.50. The highest BCUT2D eigenvalue weighted by Crippen LogP contribution is 2.68. The Morgan fingerprint density at radius 1 is 0.644 bits per heavy atom. The molecule has 3 aromatic rings. The minimum absolute atomic E-state index is 0.232. The van der Waals surface area contributed by atoms with E-state index in [-0.39, 0.29) is 43.8 Å². The largest absolute Gasteiger partial charge is 0.478 e. The third-order valence-corrected chi connectivity index (χ3v) is 19.3. The molecule has 314 valence electrons. The van der Waals surface area contributed by atoms with Gasteiger partial charge in [0.25, 0.3) is 0 Å².